The number of anilines is 1. The number of aromatic nitrogens is 2. The Hall–Kier alpha value is -4.34. The van der Waals surface area contributed by atoms with Crippen molar-refractivity contribution in [2.24, 2.45) is 5.92 Å². The number of rotatable bonds is 7. The molecule has 10 heteroatoms. The van der Waals surface area contributed by atoms with Crippen molar-refractivity contribution < 1.29 is 19.1 Å². The standard InChI is InChI=1S/C37H46N6O4/c1-3-42-30-19-13-12-17-28(30)39-35(42)47-27-22-31-32(44)40-37(34(46)41-36(2)20-21-36)23-25(37)14-8-5-4-6-11-18-29(33(45)43(31)24-27)38-26-15-9-7-10-16-26/h7-10,12-17,19,25,27,29,31,38H,3-6,11,18,20-24H2,1-2H3,(H,40,44)(H,41,46)/b14-8-/t25-,27-,29+,31+,37-/m1/s1. The van der Waals surface area contributed by atoms with E-state index in [4.69, 9.17) is 9.72 Å². The second-order valence-electron chi connectivity index (χ2n) is 14.0. The fourth-order valence-corrected chi connectivity index (χ4v) is 7.20. The van der Waals surface area contributed by atoms with Crippen LogP contribution in [0.3, 0.4) is 0 Å². The molecule has 0 spiro atoms. The molecule has 2 aliphatic carbocycles. The van der Waals surface area contributed by atoms with Crippen molar-refractivity contribution >= 4 is 34.4 Å². The van der Waals surface area contributed by atoms with Gasteiger partial charge in [-0.25, -0.2) is 0 Å². The highest BCUT2D eigenvalue weighted by Gasteiger charge is 2.62. The lowest BCUT2D eigenvalue weighted by Crippen LogP contribution is -2.58. The van der Waals surface area contributed by atoms with Crippen molar-refractivity contribution in [3.05, 3.63) is 66.7 Å². The number of carbonyl (C=O) groups excluding carboxylic acids is 3. The Morgan fingerprint density at radius 1 is 1.06 bits per heavy atom. The summed E-state index contributed by atoms with van der Waals surface area (Å²) in [7, 11) is 0. The molecule has 1 saturated heterocycles. The van der Waals surface area contributed by atoms with Gasteiger partial charge >= 0.3 is 0 Å². The normalized spacial score (nSPS) is 29.4. The molecule has 3 aromatic rings. The first-order valence-corrected chi connectivity index (χ1v) is 17.3. The Morgan fingerprint density at radius 3 is 2.64 bits per heavy atom. The number of nitrogens with zero attached hydrogens (tertiary/aromatic N) is 3. The van der Waals surface area contributed by atoms with Gasteiger partial charge in [-0.15, -0.1) is 0 Å². The molecule has 0 radical (unpaired) electrons. The summed E-state index contributed by atoms with van der Waals surface area (Å²) in [6, 6.07) is 16.8. The Bertz CT molecular complexity index is 1670. The quantitative estimate of drug-likeness (QED) is 0.316. The van der Waals surface area contributed by atoms with E-state index in [1.54, 1.807) is 4.90 Å². The van der Waals surface area contributed by atoms with E-state index in [-0.39, 0.29) is 35.7 Å². The minimum Gasteiger partial charge on any atom is -0.459 e. The van der Waals surface area contributed by atoms with Crippen LogP contribution in [0.25, 0.3) is 11.0 Å². The van der Waals surface area contributed by atoms with Gasteiger partial charge in [0.25, 0.3) is 6.01 Å². The molecule has 3 amide bonds. The van der Waals surface area contributed by atoms with Gasteiger partial charge in [0, 0.05) is 30.1 Å². The molecule has 3 N–H and O–H groups in total. The predicted octanol–water partition coefficient (Wildman–Crippen LogP) is 4.95. The second kappa shape index (κ2) is 12.7. The zero-order chi connectivity index (χ0) is 32.6. The summed E-state index contributed by atoms with van der Waals surface area (Å²) < 4.78 is 8.55. The van der Waals surface area contributed by atoms with Crippen molar-refractivity contribution in [1.29, 1.82) is 0 Å². The fraction of sp³-hybridized carbons (Fsp3) is 0.514. The van der Waals surface area contributed by atoms with Crippen LogP contribution in [0.5, 0.6) is 6.01 Å². The molecule has 1 aromatic heterocycles. The molecule has 3 heterocycles. The van der Waals surface area contributed by atoms with E-state index >= 15 is 0 Å². The van der Waals surface area contributed by atoms with Gasteiger partial charge in [0.15, 0.2) is 0 Å². The smallest absolute Gasteiger partial charge is 0.297 e. The predicted molar refractivity (Wildman–Crippen MR) is 181 cm³/mol. The molecule has 2 saturated carbocycles. The van der Waals surface area contributed by atoms with E-state index in [0.29, 0.717) is 31.8 Å². The van der Waals surface area contributed by atoms with Crippen molar-refractivity contribution in [3.63, 3.8) is 0 Å². The third-order valence-electron chi connectivity index (χ3n) is 10.4. The van der Waals surface area contributed by atoms with E-state index in [0.717, 1.165) is 55.2 Å². The van der Waals surface area contributed by atoms with Crippen molar-refractivity contribution in [2.75, 3.05) is 11.9 Å². The first-order chi connectivity index (χ1) is 22.8. The minimum absolute atomic E-state index is 0.0755. The largest absolute Gasteiger partial charge is 0.459 e. The Kier molecular flexibility index (Phi) is 8.45. The van der Waals surface area contributed by atoms with Gasteiger partial charge in [-0.1, -0.05) is 55.3 Å². The summed E-state index contributed by atoms with van der Waals surface area (Å²) in [5.74, 6) is -0.649. The van der Waals surface area contributed by atoms with Crippen LogP contribution in [0.4, 0.5) is 5.69 Å². The maximum Gasteiger partial charge on any atom is 0.297 e. The first kappa shape index (κ1) is 31.3. The molecule has 4 aliphatic rings. The number of benzene rings is 2. The van der Waals surface area contributed by atoms with E-state index in [1.807, 2.05) is 73.0 Å². The third kappa shape index (κ3) is 6.47. The molecule has 47 heavy (non-hydrogen) atoms. The molecular formula is C37H46N6O4. The van der Waals surface area contributed by atoms with Crippen molar-refractivity contribution in [3.8, 4) is 6.01 Å². The number of aryl methyl sites for hydroxylation is 1. The molecule has 5 atom stereocenters. The maximum atomic E-state index is 14.5. The number of carbonyl (C=O) groups is 3. The Labute approximate surface area is 276 Å². The van der Waals surface area contributed by atoms with Gasteiger partial charge in [0.05, 0.1) is 17.6 Å². The van der Waals surface area contributed by atoms with Gasteiger partial charge < -0.3 is 25.6 Å². The van der Waals surface area contributed by atoms with Crippen LogP contribution in [-0.4, -0.2) is 68.0 Å². The number of nitrogens with one attached hydrogen (secondary N) is 3. The summed E-state index contributed by atoms with van der Waals surface area (Å²) in [6.45, 7) is 5.01. The lowest BCUT2D eigenvalue weighted by atomic mass is 10.0. The van der Waals surface area contributed by atoms with E-state index < -0.39 is 23.7 Å². The Morgan fingerprint density at radius 2 is 1.85 bits per heavy atom. The van der Waals surface area contributed by atoms with E-state index in [1.165, 1.54) is 0 Å². The number of imidazole rings is 1. The van der Waals surface area contributed by atoms with Gasteiger partial charge in [-0.05, 0) is 76.6 Å². The fourth-order valence-electron chi connectivity index (χ4n) is 7.20. The summed E-state index contributed by atoms with van der Waals surface area (Å²) in [6.07, 6.45) is 11.0. The van der Waals surface area contributed by atoms with Gasteiger partial charge in [0.1, 0.15) is 23.7 Å². The van der Waals surface area contributed by atoms with Crippen molar-refractivity contribution in [2.45, 2.75) is 107 Å². The van der Waals surface area contributed by atoms with Crippen LogP contribution in [0, 0.1) is 5.92 Å². The highest BCUT2D eigenvalue weighted by Crippen LogP contribution is 2.47. The average Bonchev–Trinajstić information content (AvgIpc) is 3.87. The molecule has 7 rings (SSSR count). The third-order valence-corrected chi connectivity index (χ3v) is 10.4. The molecule has 0 unspecified atom stereocenters. The lowest BCUT2D eigenvalue weighted by molar-refractivity contribution is -0.140. The van der Waals surface area contributed by atoms with Crippen LogP contribution >= 0.6 is 0 Å². The van der Waals surface area contributed by atoms with Gasteiger partial charge in [-0.2, -0.15) is 4.98 Å². The van der Waals surface area contributed by atoms with Gasteiger partial charge in [0.2, 0.25) is 17.7 Å². The number of ether oxygens (including phenoxy) is 1. The molecule has 3 fully saturated rings. The molecule has 248 valence electrons. The second-order valence-corrected chi connectivity index (χ2v) is 14.0. The maximum absolute atomic E-state index is 14.5. The number of hydrogen-bond donors (Lipinski definition) is 3. The highest BCUT2D eigenvalue weighted by molar-refractivity contribution is 5.98. The summed E-state index contributed by atoms with van der Waals surface area (Å²) in [5.41, 5.74) is 1.46. The Balaban J connectivity index is 1.19. The van der Waals surface area contributed by atoms with E-state index in [2.05, 4.69) is 28.1 Å². The van der Waals surface area contributed by atoms with E-state index in [9.17, 15) is 14.4 Å². The lowest BCUT2D eigenvalue weighted by Gasteiger charge is -2.30. The minimum atomic E-state index is -1.01. The SMILES string of the molecule is CCn1c(O[C@@H]2C[C@H]3C(=O)N[C@]4(C(=O)NC5(C)CC5)C[C@H]4/C=C\CCCCC[C@H](Nc4ccccc4)C(=O)N3C2)nc2ccccc21. The zero-order valence-corrected chi connectivity index (χ0v) is 27.4. The molecule has 0 bridgehead atoms. The first-order valence-electron chi connectivity index (χ1n) is 17.3. The van der Waals surface area contributed by atoms with Crippen LogP contribution in [0.15, 0.2) is 66.7 Å². The summed E-state index contributed by atoms with van der Waals surface area (Å²) in [5, 5.41) is 9.85. The zero-order valence-electron chi connectivity index (χ0n) is 27.4. The van der Waals surface area contributed by atoms with Gasteiger partial charge in [-0.3, -0.25) is 19.0 Å². The summed E-state index contributed by atoms with van der Waals surface area (Å²) in [4.78, 5) is 49.0. The molecular weight excluding hydrogens is 592 g/mol. The topological polar surface area (TPSA) is 118 Å². The van der Waals surface area contributed by atoms with Crippen LogP contribution < -0.4 is 20.7 Å². The number of para-hydroxylation sites is 3. The van der Waals surface area contributed by atoms with Crippen LogP contribution in [0.2, 0.25) is 0 Å². The van der Waals surface area contributed by atoms with Crippen LogP contribution in [0.1, 0.15) is 71.6 Å². The number of fused-ring (bicyclic) bond motifs is 3. The molecule has 2 aromatic carbocycles. The summed E-state index contributed by atoms with van der Waals surface area (Å²) >= 11 is 0. The highest BCUT2D eigenvalue weighted by atomic mass is 16.5. The number of allylic oxidation sites excluding steroid dienone is 1. The number of hydrogen-bond acceptors (Lipinski definition) is 6. The number of amides is 3. The molecule has 2 aliphatic heterocycles. The van der Waals surface area contributed by atoms with Crippen molar-refractivity contribution in [1.82, 2.24) is 25.1 Å². The average molecular weight is 639 g/mol. The monoisotopic (exact) mass is 638 g/mol. The molecule has 10 nitrogen and oxygen atoms in total. The van der Waals surface area contributed by atoms with Crippen LogP contribution in [-0.2, 0) is 20.9 Å².